The number of carbonyl (C=O) groups is 1. The number of amides is 1. The van der Waals surface area contributed by atoms with E-state index >= 15 is 0 Å². The zero-order chi connectivity index (χ0) is 23.5. The molecule has 0 spiro atoms. The maximum atomic E-state index is 13.1. The van der Waals surface area contributed by atoms with Crippen LogP contribution in [0.15, 0.2) is 54.6 Å². The van der Waals surface area contributed by atoms with Crippen molar-refractivity contribution in [3.63, 3.8) is 0 Å². The van der Waals surface area contributed by atoms with Gasteiger partial charge >= 0.3 is 0 Å². The lowest BCUT2D eigenvalue weighted by Gasteiger charge is -2.37. The van der Waals surface area contributed by atoms with E-state index in [9.17, 15) is 10.1 Å². The highest BCUT2D eigenvalue weighted by atomic mass is 16.5. The number of carbonyl (C=O) groups excluding carboxylic acids is 1. The van der Waals surface area contributed by atoms with E-state index in [0.29, 0.717) is 43.1 Å². The van der Waals surface area contributed by atoms with Gasteiger partial charge in [0.15, 0.2) is 0 Å². The van der Waals surface area contributed by atoms with Crippen molar-refractivity contribution >= 4 is 11.7 Å². The van der Waals surface area contributed by atoms with Crippen LogP contribution in [0, 0.1) is 11.3 Å². The summed E-state index contributed by atoms with van der Waals surface area (Å²) in [6, 6.07) is 20.1. The summed E-state index contributed by atoms with van der Waals surface area (Å²) >= 11 is 0. The van der Waals surface area contributed by atoms with Crippen LogP contribution in [0.4, 0.5) is 5.82 Å². The highest BCUT2D eigenvalue weighted by Crippen LogP contribution is 2.36. The van der Waals surface area contributed by atoms with Crippen molar-refractivity contribution in [3.05, 3.63) is 76.9 Å². The highest BCUT2D eigenvalue weighted by molar-refractivity contribution is 5.97. The molecule has 0 atom stereocenters. The van der Waals surface area contributed by atoms with E-state index in [1.807, 2.05) is 41.3 Å². The Morgan fingerprint density at radius 3 is 2.32 bits per heavy atom. The molecule has 1 fully saturated rings. The number of nitriles is 1. The lowest BCUT2D eigenvalue weighted by atomic mass is 9.86. The number of ether oxygens (including phenoxy) is 1. The molecule has 34 heavy (non-hydrogen) atoms. The lowest BCUT2D eigenvalue weighted by molar-refractivity contribution is 0.0743. The van der Waals surface area contributed by atoms with Crippen molar-refractivity contribution in [1.82, 2.24) is 9.88 Å². The maximum Gasteiger partial charge on any atom is 0.257 e. The first-order chi connectivity index (χ1) is 16.7. The quantitative estimate of drug-likeness (QED) is 0.584. The van der Waals surface area contributed by atoms with Gasteiger partial charge < -0.3 is 14.5 Å². The van der Waals surface area contributed by atoms with Crippen molar-refractivity contribution < 1.29 is 9.53 Å². The van der Waals surface area contributed by atoms with Gasteiger partial charge in [0.05, 0.1) is 23.9 Å². The van der Waals surface area contributed by atoms with Gasteiger partial charge in [-0.2, -0.15) is 5.26 Å². The van der Waals surface area contributed by atoms with E-state index in [1.165, 1.54) is 5.56 Å². The monoisotopic (exact) mass is 452 g/mol. The molecule has 1 aromatic heterocycles. The third-order valence-electron chi connectivity index (χ3n) is 6.86. The number of anilines is 1. The van der Waals surface area contributed by atoms with Crippen molar-refractivity contribution in [1.29, 1.82) is 5.26 Å². The molecule has 0 radical (unpaired) electrons. The molecule has 2 aromatic carbocycles. The summed E-state index contributed by atoms with van der Waals surface area (Å²) in [5.74, 6) is 1.32. The van der Waals surface area contributed by atoms with Gasteiger partial charge in [-0.25, -0.2) is 4.98 Å². The summed E-state index contributed by atoms with van der Waals surface area (Å²) in [5, 5.41) is 10.1. The SMILES string of the molecule is COc1ccccc1C(=O)N1CCN(c2nc(-c3ccccc3)c3c(c2C#N)CCCC3)CC1. The van der Waals surface area contributed by atoms with Gasteiger partial charge in [0.2, 0.25) is 0 Å². The molecule has 2 heterocycles. The van der Waals surface area contributed by atoms with Crippen molar-refractivity contribution in [2.45, 2.75) is 25.7 Å². The Kier molecular flexibility index (Phi) is 6.18. The summed E-state index contributed by atoms with van der Waals surface area (Å²) in [6.45, 7) is 2.41. The molecule has 0 N–H and O–H groups in total. The molecule has 2 aliphatic rings. The smallest absolute Gasteiger partial charge is 0.257 e. The fraction of sp³-hybridized carbons (Fsp3) is 0.321. The summed E-state index contributed by atoms with van der Waals surface area (Å²) in [6.07, 6.45) is 4.10. The Labute approximate surface area is 200 Å². The van der Waals surface area contributed by atoms with Crippen molar-refractivity contribution in [2.75, 3.05) is 38.2 Å². The molecule has 1 aliphatic carbocycles. The van der Waals surface area contributed by atoms with Gasteiger partial charge in [0, 0.05) is 31.7 Å². The number of rotatable bonds is 4. The number of nitrogens with zero attached hydrogens (tertiary/aromatic N) is 4. The summed E-state index contributed by atoms with van der Waals surface area (Å²) in [4.78, 5) is 22.3. The van der Waals surface area contributed by atoms with Crippen LogP contribution in [0.3, 0.4) is 0 Å². The number of hydrogen-bond acceptors (Lipinski definition) is 5. The average Bonchev–Trinajstić information content (AvgIpc) is 2.92. The van der Waals surface area contributed by atoms with Gasteiger partial charge in [0.25, 0.3) is 5.91 Å². The highest BCUT2D eigenvalue weighted by Gasteiger charge is 2.29. The second-order valence-corrected chi connectivity index (χ2v) is 8.78. The van der Waals surface area contributed by atoms with Crippen LogP contribution in [0.1, 0.15) is 39.9 Å². The molecule has 5 rings (SSSR count). The van der Waals surface area contributed by atoms with Crippen LogP contribution in [0.25, 0.3) is 11.3 Å². The van der Waals surface area contributed by atoms with Gasteiger partial charge in [0.1, 0.15) is 17.6 Å². The molecule has 0 unspecified atom stereocenters. The number of benzene rings is 2. The number of pyridine rings is 1. The summed E-state index contributed by atoms with van der Waals surface area (Å²) < 4.78 is 5.38. The van der Waals surface area contributed by atoms with Crippen LogP contribution < -0.4 is 9.64 Å². The zero-order valence-corrected chi connectivity index (χ0v) is 19.5. The molecule has 1 amide bonds. The van der Waals surface area contributed by atoms with Crippen molar-refractivity contribution in [3.8, 4) is 23.1 Å². The minimum absolute atomic E-state index is 0.0269. The summed E-state index contributed by atoms with van der Waals surface area (Å²) in [5.41, 5.74) is 5.76. The molecular formula is C28H28N4O2. The van der Waals surface area contributed by atoms with Crippen molar-refractivity contribution in [2.24, 2.45) is 0 Å². The first kappa shape index (κ1) is 22.0. The number of para-hydroxylation sites is 1. The van der Waals surface area contributed by atoms with E-state index in [0.717, 1.165) is 48.3 Å². The number of hydrogen-bond donors (Lipinski definition) is 0. The van der Waals surface area contributed by atoms with Gasteiger partial charge in [-0.3, -0.25) is 4.79 Å². The number of piperazine rings is 1. The van der Waals surface area contributed by atoms with E-state index in [4.69, 9.17) is 9.72 Å². The Morgan fingerprint density at radius 1 is 0.941 bits per heavy atom. The molecule has 1 aliphatic heterocycles. The zero-order valence-electron chi connectivity index (χ0n) is 19.5. The molecule has 6 heteroatoms. The molecule has 1 saturated heterocycles. The lowest BCUT2D eigenvalue weighted by Crippen LogP contribution is -2.49. The number of aromatic nitrogens is 1. The Bertz CT molecular complexity index is 1240. The molecule has 6 nitrogen and oxygen atoms in total. The van der Waals surface area contributed by atoms with E-state index < -0.39 is 0 Å². The van der Waals surface area contributed by atoms with E-state index in [-0.39, 0.29) is 5.91 Å². The topological polar surface area (TPSA) is 69.5 Å². The second-order valence-electron chi connectivity index (χ2n) is 8.78. The minimum Gasteiger partial charge on any atom is -0.496 e. The van der Waals surface area contributed by atoms with E-state index in [1.54, 1.807) is 13.2 Å². The number of methoxy groups -OCH3 is 1. The Morgan fingerprint density at radius 2 is 1.62 bits per heavy atom. The standard InChI is InChI=1S/C28H28N4O2/c1-34-25-14-8-7-13-23(25)28(33)32-17-15-31(16-18-32)27-24(19-29)21-11-5-6-12-22(21)26(30-27)20-9-3-2-4-10-20/h2-4,7-10,13-14H,5-6,11-12,15-18H2,1H3. The van der Waals surface area contributed by atoms with Crippen LogP contribution >= 0.6 is 0 Å². The average molecular weight is 453 g/mol. The fourth-order valence-corrected chi connectivity index (χ4v) is 5.10. The van der Waals surface area contributed by atoms with Crippen LogP contribution in [-0.4, -0.2) is 49.1 Å². The maximum absolute atomic E-state index is 13.1. The van der Waals surface area contributed by atoms with Gasteiger partial charge in [-0.15, -0.1) is 0 Å². The van der Waals surface area contributed by atoms with Gasteiger partial charge in [-0.1, -0.05) is 42.5 Å². The molecule has 172 valence electrons. The third-order valence-corrected chi connectivity index (χ3v) is 6.86. The predicted molar refractivity (Wildman–Crippen MR) is 132 cm³/mol. The van der Waals surface area contributed by atoms with Crippen LogP contribution in [0.2, 0.25) is 0 Å². The predicted octanol–water partition coefficient (Wildman–Crippen LogP) is 4.47. The summed E-state index contributed by atoms with van der Waals surface area (Å²) in [7, 11) is 1.58. The van der Waals surface area contributed by atoms with Crippen LogP contribution in [-0.2, 0) is 12.8 Å². The molecule has 0 bridgehead atoms. The second kappa shape index (κ2) is 9.56. The number of fused-ring (bicyclic) bond motifs is 1. The van der Waals surface area contributed by atoms with E-state index in [2.05, 4.69) is 23.1 Å². The minimum atomic E-state index is -0.0269. The van der Waals surface area contributed by atoms with Crippen LogP contribution in [0.5, 0.6) is 5.75 Å². The fourth-order valence-electron chi connectivity index (χ4n) is 5.10. The Hall–Kier alpha value is -3.85. The molecular weight excluding hydrogens is 424 g/mol. The largest absolute Gasteiger partial charge is 0.496 e. The normalized spacial score (nSPS) is 15.4. The first-order valence-corrected chi connectivity index (χ1v) is 11.9. The molecule has 0 saturated carbocycles. The van der Waals surface area contributed by atoms with Gasteiger partial charge in [-0.05, 0) is 48.9 Å². The molecule has 3 aromatic rings. The Balaban J connectivity index is 1.45. The first-order valence-electron chi connectivity index (χ1n) is 11.9. The third kappa shape index (κ3) is 3.99.